The maximum atomic E-state index is 12.2. The van der Waals surface area contributed by atoms with Gasteiger partial charge in [0.2, 0.25) is 5.95 Å². The lowest BCUT2D eigenvalue weighted by atomic mass is 10.2. The standard InChI is InChI=1S/C14H11N5O4/c1-19-11(13(21)22)8(7-16-19)12(20)18-14-15-5-4-9(17-14)10-3-2-6-23-10/h2-7H,1H3,(H,21,22)(H,15,17,18,20). The zero-order chi connectivity index (χ0) is 16.4. The van der Waals surface area contributed by atoms with Crippen molar-refractivity contribution in [1.29, 1.82) is 0 Å². The lowest BCUT2D eigenvalue weighted by molar-refractivity contribution is 0.0680. The monoisotopic (exact) mass is 313 g/mol. The highest BCUT2D eigenvalue weighted by molar-refractivity contribution is 6.09. The van der Waals surface area contributed by atoms with Crippen molar-refractivity contribution in [2.24, 2.45) is 7.05 Å². The first-order valence-electron chi connectivity index (χ1n) is 6.50. The minimum Gasteiger partial charge on any atom is -0.477 e. The second-order valence-corrected chi connectivity index (χ2v) is 4.53. The smallest absolute Gasteiger partial charge is 0.354 e. The normalized spacial score (nSPS) is 10.5. The quantitative estimate of drug-likeness (QED) is 0.746. The highest BCUT2D eigenvalue weighted by atomic mass is 16.4. The van der Waals surface area contributed by atoms with Gasteiger partial charge in [-0.2, -0.15) is 5.10 Å². The molecule has 9 nitrogen and oxygen atoms in total. The number of carboxylic acids is 1. The molecule has 0 fully saturated rings. The van der Waals surface area contributed by atoms with Crippen LogP contribution >= 0.6 is 0 Å². The van der Waals surface area contributed by atoms with E-state index in [-0.39, 0.29) is 17.2 Å². The largest absolute Gasteiger partial charge is 0.477 e. The maximum Gasteiger partial charge on any atom is 0.354 e. The third-order valence-corrected chi connectivity index (χ3v) is 3.04. The van der Waals surface area contributed by atoms with Gasteiger partial charge in [0, 0.05) is 13.2 Å². The Balaban J connectivity index is 1.87. The zero-order valence-corrected chi connectivity index (χ0v) is 11.9. The number of aromatic nitrogens is 4. The summed E-state index contributed by atoms with van der Waals surface area (Å²) in [4.78, 5) is 31.5. The first kappa shape index (κ1) is 14.4. The number of carbonyl (C=O) groups excluding carboxylic acids is 1. The van der Waals surface area contributed by atoms with Crippen molar-refractivity contribution in [3.05, 3.63) is 48.1 Å². The van der Waals surface area contributed by atoms with Crippen molar-refractivity contribution in [1.82, 2.24) is 19.7 Å². The van der Waals surface area contributed by atoms with Crippen LogP contribution in [0.5, 0.6) is 0 Å². The Morgan fingerprint density at radius 3 is 2.87 bits per heavy atom. The van der Waals surface area contributed by atoms with Crippen molar-refractivity contribution in [2.75, 3.05) is 5.32 Å². The average molecular weight is 313 g/mol. The highest BCUT2D eigenvalue weighted by Crippen LogP contribution is 2.18. The Morgan fingerprint density at radius 2 is 2.17 bits per heavy atom. The Hall–Kier alpha value is -3.49. The van der Waals surface area contributed by atoms with E-state index in [1.807, 2.05) is 0 Å². The van der Waals surface area contributed by atoms with Crippen LogP contribution in [0.1, 0.15) is 20.8 Å². The molecular weight excluding hydrogens is 302 g/mol. The molecule has 3 aromatic heterocycles. The van der Waals surface area contributed by atoms with Crippen LogP contribution in [-0.4, -0.2) is 36.7 Å². The van der Waals surface area contributed by atoms with Crippen LogP contribution in [-0.2, 0) is 7.05 Å². The summed E-state index contributed by atoms with van der Waals surface area (Å²) >= 11 is 0. The van der Waals surface area contributed by atoms with Crippen LogP contribution in [0.25, 0.3) is 11.5 Å². The van der Waals surface area contributed by atoms with E-state index in [9.17, 15) is 9.59 Å². The van der Waals surface area contributed by atoms with Gasteiger partial charge < -0.3 is 9.52 Å². The molecule has 116 valence electrons. The molecule has 3 heterocycles. The molecule has 9 heteroatoms. The van der Waals surface area contributed by atoms with Crippen LogP contribution in [0, 0.1) is 0 Å². The van der Waals surface area contributed by atoms with Crippen molar-refractivity contribution < 1.29 is 19.1 Å². The Labute approximate surface area is 129 Å². The predicted octanol–water partition coefficient (Wildman–Crippen LogP) is 1.42. The van der Waals surface area contributed by atoms with E-state index < -0.39 is 11.9 Å². The summed E-state index contributed by atoms with van der Waals surface area (Å²) in [5.41, 5.74) is 0.196. The summed E-state index contributed by atoms with van der Waals surface area (Å²) in [5.74, 6) is -1.35. The number of furan rings is 1. The highest BCUT2D eigenvalue weighted by Gasteiger charge is 2.22. The summed E-state index contributed by atoms with van der Waals surface area (Å²) in [6.45, 7) is 0. The summed E-state index contributed by atoms with van der Waals surface area (Å²) in [7, 11) is 1.44. The molecule has 0 unspecified atom stereocenters. The van der Waals surface area contributed by atoms with Gasteiger partial charge in [0.1, 0.15) is 5.69 Å². The molecule has 0 radical (unpaired) electrons. The molecule has 0 saturated heterocycles. The molecule has 0 aliphatic carbocycles. The van der Waals surface area contributed by atoms with Crippen molar-refractivity contribution in [2.45, 2.75) is 0 Å². The van der Waals surface area contributed by atoms with Gasteiger partial charge in [-0.25, -0.2) is 14.8 Å². The SMILES string of the molecule is Cn1ncc(C(=O)Nc2nccc(-c3ccco3)n2)c1C(=O)O. The topological polar surface area (TPSA) is 123 Å². The van der Waals surface area contributed by atoms with E-state index in [1.165, 1.54) is 25.7 Å². The van der Waals surface area contributed by atoms with Gasteiger partial charge >= 0.3 is 5.97 Å². The molecular formula is C14H11N5O4. The van der Waals surface area contributed by atoms with Gasteiger partial charge in [0.25, 0.3) is 5.91 Å². The number of hydrogen-bond donors (Lipinski definition) is 2. The summed E-state index contributed by atoms with van der Waals surface area (Å²) in [5, 5.41) is 15.4. The second kappa shape index (κ2) is 5.72. The van der Waals surface area contributed by atoms with Gasteiger partial charge in [-0.05, 0) is 18.2 Å². The first-order chi connectivity index (χ1) is 11.1. The molecule has 0 aliphatic rings. The minimum atomic E-state index is -1.25. The van der Waals surface area contributed by atoms with Gasteiger partial charge in [0.05, 0.1) is 18.0 Å². The molecule has 0 aromatic carbocycles. The van der Waals surface area contributed by atoms with E-state index in [2.05, 4.69) is 20.4 Å². The summed E-state index contributed by atoms with van der Waals surface area (Å²) in [6, 6.07) is 5.06. The van der Waals surface area contributed by atoms with Crippen LogP contribution in [0.4, 0.5) is 5.95 Å². The van der Waals surface area contributed by atoms with E-state index in [4.69, 9.17) is 9.52 Å². The number of amides is 1. The van der Waals surface area contributed by atoms with Crippen molar-refractivity contribution in [3.63, 3.8) is 0 Å². The van der Waals surface area contributed by atoms with Crippen molar-refractivity contribution >= 4 is 17.8 Å². The number of nitrogens with one attached hydrogen (secondary N) is 1. The molecule has 0 spiro atoms. The molecule has 0 bridgehead atoms. The summed E-state index contributed by atoms with van der Waals surface area (Å²) < 4.78 is 6.33. The molecule has 0 saturated carbocycles. The molecule has 3 aromatic rings. The van der Waals surface area contributed by atoms with Crippen LogP contribution in [0.15, 0.2) is 41.3 Å². The number of nitrogens with zero attached hydrogens (tertiary/aromatic N) is 4. The number of carbonyl (C=O) groups is 2. The van der Waals surface area contributed by atoms with Crippen LogP contribution in [0.2, 0.25) is 0 Å². The fourth-order valence-corrected chi connectivity index (χ4v) is 2.01. The number of aryl methyl sites for hydroxylation is 1. The lowest BCUT2D eigenvalue weighted by Crippen LogP contribution is -2.18. The van der Waals surface area contributed by atoms with Gasteiger partial charge in [-0.1, -0.05) is 0 Å². The zero-order valence-electron chi connectivity index (χ0n) is 11.9. The van der Waals surface area contributed by atoms with Crippen molar-refractivity contribution in [3.8, 4) is 11.5 Å². The number of carboxylic acid groups (broad SMARTS) is 1. The van der Waals surface area contributed by atoms with E-state index >= 15 is 0 Å². The summed E-state index contributed by atoms with van der Waals surface area (Å²) in [6.07, 6.45) is 4.14. The Kier molecular flexibility index (Phi) is 3.59. The molecule has 2 N–H and O–H groups in total. The van der Waals surface area contributed by atoms with Gasteiger partial charge in [-0.15, -0.1) is 0 Å². The number of aromatic carboxylic acids is 1. The number of rotatable bonds is 4. The lowest BCUT2D eigenvalue weighted by Gasteiger charge is -2.04. The van der Waals surface area contributed by atoms with E-state index in [0.717, 1.165) is 4.68 Å². The first-order valence-corrected chi connectivity index (χ1v) is 6.50. The Bertz CT molecular complexity index is 869. The predicted molar refractivity (Wildman–Crippen MR) is 77.9 cm³/mol. The molecule has 3 rings (SSSR count). The average Bonchev–Trinajstić information content (AvgIpc) is 3.16. The fourth-order valence-electron chi connectivity index (χ4n) is 2.01. The minimum absolute atomic E-state index is 0.0316. The third kappa shape index (κ3) is 2.79. The third-order valence-electron chi connectivity index (χ3n) is 3.04. The van der Waals surface area contributed by atoms with Gasteiger partial charge in [-0.3, -0.25) is 14.8 Å². The molecule has 0 atom stereocenters. The fraction of sp³-hybridized carbons (Fsp3) is 0.0714. The van der Waals surface area contributed by atoms with Crippen LogP contribution in [0.3, 0.4) is 0 Å². The van der Waals surface area contributed by atoms with E-state index in [1.54, 1.807) is 18.2 Å². The van der Waals surface area contributed by atoms with Gasteiger partial charge in [0.15, 0.2) is 11.5 Å². The van der Waals surface area contributed by atoms with Crippen LogP contribution < -0.4 is 5.32 Å². The Morgan fingerprint density at radius 1 is 1.35 bits per heavy atom. The maximum absolute atomic E-state index is 12.2. The van der Waals surface area contributed by atoms with E-state index in [0.29, 0.717) is 11.5 Å². The number of hydrogen-bond acceptors (Lipinski definition) is 6. The molecule has 23 heavy (non-hydrogen) atoms. The number of anilines is 1. The molecule has 0 aliphatic heterocycles. The second-order valence-electron chi connectivity index (χ2n) is 4.53. The molecule has 1 amide bonds.